The molecule has 0 aliphatic carbocycles. The van der Waals surface area contributed by atoms with Gasteiger partial charge in [-0.15, -0.1) is 0 Å². The standard InChI is InChI=1S/C22H34BNO6S/c1-20(2,3)28-19(25)24-14-8-9-18(15-24)31(26,27)17-12-10-16(11-13-17)23-29-21(4,5)22(6,7)30-23/h10-13,18H,8-9,14-15H2,1-7H3/p+1. The van der Waals surface area contributed by atoms with E-state index in [4.69, 9.17) is 14.0 Å². The van der Waals surface area contributed by atoms with Gasteiger partial charge in [-0.25, -0.2) is 4.79 Å². The predicted octanol–water partition coefficient (Wildman–Crippen LogP) is 3.72. The molecule has 0 saturated carbocycles. The smallest absolute Gasteiger partial charge is 0.444 e. The SMILES string of the molecule is CC(C)(C)OC(=O)N1CCCC([S+](=O)(O)c2ccc(B3OC(C)(C)C(C)(C)O3)cc2)C1. The van der Waals surface area contributed by atoms with Crippen molar-refractivity contribution in [2.75, 3.05) is 13.1 Å². The molecular weight excluding hydrogens is 417 g/mol. The first-order valence-electron chi connectivity index (χ1n) is 10.8. The Hall–Kier alpha value is -1.42. The van der Waals surface area contributed by atoms with Gasteiger partial charge in [-0.05, 0) is 72.5 Å². The Morgan fingerprint density at radius 1 is 1.16 bits per heavy atom. The van der Waals surface area contributed by atoms with Crippen LogP contribution in [0, 0.1) is 0 Å². The monoisotopic (exact) mass is 452 g/mol. The average Bonchev–Trinajstić information content (AvgIpc) is 2.88. The molecule has 1 aromatic carbocycles. The second-order valence-electron chi connectivity index (χ2n) is 10.4. The quantitative estimate of drug-likeness (QED) is 0.556. The fourth-order valence-corrected chi connectivity index (χ4v) is 5.46. The van der Waals surface area contributed by atoms with Crippen LogP contribution < -0.4 is 5.46 Å². The molecule has 172 valence electrons. The molecule has 2 heterocycles. The maximum atomic E-state index is 13.3. The van der Waals surface area contributed by atoms with E-state index >= 15 is 0 Å². The molecule has 1 N–H and O–H groups in total. The van der Waals surface area contributed by atoms with E-state index in [1.807, 2.05) is 48.5 Å². The Kier molecular flexibility index (Phi) is 6.39. The zero-order valence-corrected chi connectivity index (χ0v) is 20.5. The average molecular weight is 452 g/mol. The zero-order valence-electron chi connectivity index (χ0n) is 19.6. The topological polar surface area (TPSA) is 85.3 Å². The van der Waals surface area contributed by atoms with Crippen LogP contribution >= 0.6 is 0 Å². The van der Waals surface area contributed by atoms with E-state index < -0.39 is 45.5 Å². The van der Waals surface area contributed by atoms with E-state index in [9.17, 15) is 13.6 Å². The van der Waals surface area contributed by atoms with E-state index in [1.54, 1.807) is 24.3 Å². The third-order valence-corrected chi connectivity index (χ3v) is 8.46. The molecule has 0 aromatic heterocycles. The summed E-state index contributed by atoms with van der Waals surface area (Å²) in [5.74, 6) is 0. The Bertz CT molecular complexity index is 848. The number of piperidine rings is 1. The lowest BCUT2D eigenvalue weighted by atomic mass is 9.79. The molecule has 0 bridgehead atoms. The summed E-state index contributed by atoms with van der Waals surface area (Å²) in [7, 11) is -3.86. The fourth-order valence-electron chi connectivity index (χ4n) is 3.68. The summed E-state index contributed by atoms with van der Waals surface area (Å²) in [6.07, 6.45) is 0.796. The van der Waals surface area contributed by atoms with Gasteiger partial charge >= 0.3 is 13.2 Å². The predicted molar refractivity (Wildman–Crippen MR) is 122 cm³/mol. The van der Waals surface area contributed by atoms with Crippen molar-refractivity contribution in [2.24, 2.45) is 0 Å². The molecule has 0 radical (unpaired) electrons. The highest BCUT2D eigenvalue weighted by molar-refractivity contribution is 7.98. The van der Waals surface area contributed by atoms with E-state index in [2.05, 4.69) is 0 Å². The van der Waals surface area contributed by atoms with Crippen LogP contribution in [0.5, 0.6) is 0 Å². The first-order chi connectivity index (χ1) is 14.1. The molecule has 0 spiro atoms. The molecule has 1 amide bonds. The molecule has 2 aliphatic rings. The molecule has 1 aromatic rings. The lowest BCUT2D eigenvalue weighted by Crippen LogP contribution is -2.48. The minimum atomic E-state index is -3.34. The van der Waals surface area contributed by atoms with Crippen molar-refractivity contribution in [3.8, 4) is 0 Å². The highest BCUT2D eigenvalue weighted by Gasteiger charge is 2.52. The number of rotatable bonds is 3. The normalized spacial score (nSPS) is 25.2. The zero-order chi connectivity index (χ0) is 23.2. The molecule has 7 nitrogen and oxygen atoms in total. The Balaban J connectivity index is 1.72. The van der Waals surface area contributed by atoms with E-state index in [-0.39, 0.29) is 6.54 Å². The lowest BCUT2D eigenvalue weighted by molar-refractivity contribution is 0.00578. The summed E-state index contributed by atoms with van der Waals surface area (Å²) >= 11 is 0. The van der Waals surface area contributed by atoms with Crippen LogP contribution in [0.2, 0.25) is 0 Å². The Morgan fingerprint density at radius 2 is 1.71 bits per heavy atom. The van der Waals surface area contributed by atoms with E-state index in [1.165, 1.54) is 4.90 Å². The van der Waals surface area contributed by atoms with Crippen molar-refractivity contribution in [3.63, 3.8) is 0 Å². The molecule has 9 heteroatoms. The molecule has 2 saturated heterocycles. The van der Waals surface area contributed by atoms with Gasteiger partial charge in [-0.1, -0.05) is 16.3 Å². The molecular formula is C22H35BNO6S+. The number of carbonyl (C=O) groups is 1. The minimum Gasteiger partial charge on any atom is -0.444 e. The van der Waals surface area contributed by atoms with Gasteiger partial charge in [0, 0.05) is 13.0 Å². The van der Waals surface area contributed by atoms with Crippen LogP contribution in [-0.4, -0.2) is 57.8 Å². The number of hydrogen-bond donors (Lipinski definition) is 1. The number of benzene rings is 1. The lowest BCUT2D eigenvalue weighted by Gasteiger charge is -2.32. The summed E-state index contributed by atoms with van der Waals surface area (Å²) in [5.41, 5.74) is -0.701. The van der Waals surface area contributed by atoms with Crippen molar-refractivity contribution in [1.82, 2.24) is 4.90 Å². The number of hydrogen-bond acceptors (Lipinski definition) is 5. The molecule has 2 fully saturated rings. The van der Waals surface area contributed by atoms with Gasteiger partial charge in [-0.3, -0.25) is 0 Å². The first-order valence-corrected chi connectivity index (χ1v) is 12.4. The molecule has 2 aliphatic heterocycles. The minimum absolute atomic E-state index is 0.198. The van der Waals surface area contributed by atoms with Crippen molar-refractivity contribution >= 4 is 28.9 Å². The summed E-state index contributed by atoms with van der Waals surface area (Å²) in [6.45, 7) is 14.1. The van der Waals surface area contributed by atoms with Gasteiger partial charge in [0.25, 0.3) is 10.2 Å². The number of carbonyl (C=O) groups excluding carboxylic acids is 1. The number of likely N-dealkylation sites (tertiary alicyclic amines) is 1. The second kappa shape index (κ2) is 8.17. The maximum Gasteiger partial charge on any atom is 0.494 e. The van der Waals surface area contributed by atoms with Crippen molar-refractivity contribution in [3.05, 3.63) is 24.3 Å². The van der Waals surface area contributed by atoms with Crippen LogP contribution in [0.4, 0.5) is 4.79 Å². The molecule has 3 rings (SSSR count). The van der Waals surface area contributed by atoms with Gasteiger partial charge in [-0.2, -0.15) is 4.55 Å². The van der Waals surface area contributed by atoms with Crippen LogP contribution in [0.3, 0.4) is 0 Å². The summed E-state index contributed by atoms with van der Waals surface area (Å²) < 4.78 is 41.9. The summed E-state index contributed by atoms with van der Waals surface area (Å²) in [4.78, 5) is 14.3. The third-order valence-electron chi connectivity index (χ3n) is 6.22. The molecule has 31 heavy (non-hydrogen) atoms. The van der Waals surface area contributed by atoms with Gasteiger partial charge in [0.1, 0.15) is 5.60 Å². The summed E-state index contributed by atoms with van der Waals surface area (Å²) in [6, 6.07) is 6.88. The van der Waals surface area contributed by atoms with Crippen LogP contribution in [0.25, 0.3) is 0 Å². The summed E-state index contributed by atoms with van der Waals surface area (Å²) in [5, 5.41) is -0.545. The van der Waals surface area contributed by atoms with E-state index in [0.29, 0.717) is 24.3 Å². The fraction of sp³-hybridized carbons (Fsp3) is 0.682. The molecule has 2 atom stereocenters. The molecule has 2 unspecified atom stereocenters. The van der Waals surface area contributed by atoms with Gasteiger partial charge in [0.05, 0.1) is 17.7 Å². The highest BCUT2D eigenvalue weighted by atomic mass is 32.3. The van der Waals surface area contributed by atoms with Crippen LogP contribution in [0.15, 0.2) is 29.2 Å². The number of nitrogens with zero attached hydrogens (tertiary/aromatic N) is 1. The third kappa shape index (κ3) is 5.16. The maximum absolute atomic E-state index is 13.3. The highest BCUT2D eigenvalue weighted by Crippen LogP contribution is 2.36. The van der Waals surface area contributed by atoms with Crippen LogP contribution in [0.1, 0.15) is 61.3 Å². The Labute approximate surface area is 187 Å². The van der Waals surface area contributed by atoms with Gasteiger partial charge < -0.3 is 18.9 Å². The number of ether oxygens (including phenoxy) is 1. The Morgan fingerprint density at radius 3 is 2.23 bits per heavy atom. The van der Waals surface area contributed by atoms with E-state index in [0.717, 1.165) is 5.46 Å². The van der Waals surface area contributed by atoms with Gasteiger partial charge in [0.2, 0.25) is 0 Å². The van der Waals surface area contributed by atoms with Crippen molar-refractivity contribution in [1.29, 1.82) is 0 Å². The first kappa shape index (κ1) is 24.2. The number of amides is 1. The van der Waals surface area contributed by atoms with Gasteiger partial charge in [0.15, 0.2) is 10.1 Å². The van der Waals surface area contributed by atoms with Crippen molar-refractivity contribution < 1.29 is 27.6 Å². The van der Waals surface area contributed by atoms with Crippen molar-refractivity contribution in [2.45, 2.75) is 88.3 Å². The largest absolute Gasteiger partial charge is 0.494 e. The van der Waals surface area contributed by atoms with Crippen LogP contribution in [-0.2, 0) is 28.5 Å². The second-order valence-corrected chi connectivity index (χ2v) is 12.7.